The van der Waals surface area contributed by atoms with Gasteiger partial charge in [-0.3, -0.25) is 0 Å². The third-order valence-corrected chi connectivity index (χ3v) is 4.61. The first-order valence-electron chi connectivity index (χ1n) is 9.55. The number of allylic oxidation sites excluding steroid dienone is 4. The van der Waals surface area contributed by atoms with Gasteiger partial charge in [0, 0.05) is 38.4 Å². The Labute approximate surface area is 201 Å². The van der Waals surface area contributed by atoms with Crippen molar-refractivity contribution in [3.8, 4) is 0 Å². The summed E-state index contributed by atoms with van der Waals surface area (Å²) in [7, 11) is 0. The van der Waals surface area contributed by atoms with E-state index in [0.717, 1.165) is 5.92 Å². The molecular formula is C24H35O6Ti-. The molecule has 2 aliphatic carbocycles. The van der Waals surface area contributed by atoms with Gasteiger partial charge in [-0.05, 0) is 20.8 Å². The van der Waals surface area contributed by atoms with Crippen LogP contribution in [-0.2, 0) is 36.1 Å². The first-order chi connectivity index (χ1) is 13.6. The van der Waals surface area contributed by atoms with Crippen LogP contribution in [0.2, 0.25) is 0 Å². The normalized spacial score (nSPS) is 15.6. The number of hydrogen-bond donors (Lipinski definition) is 3. The third kappa shape index (κ3) is 13.6. The van der Waals surface area contributed by atoms with Gasteiger partial charge in [0.2, 0.25) is 0 Å². The molecule has 1 atom stereocenters. The minimum Gasteiger partial charge on any atom is -0.478 e. The molecule has 6 nitrogen and oxygen atoms in total. The Morgan fingerprint density at radius 2 is 1.19 bits per heavy atom. The van der Waals surface area contributed by atoms with Crippen LogP contribution >= 0.6 is 0 Å². The summed E-state index contributed by atoms with van der Waals surface area (Å²) < 4.78 is 0. The van der Waals surface area contributed by atoms with Crippen LogP contribution in [0.25, 0.3) is 0 Å². The smallest absolute Gasteiger partial charge is 0.330 e. The van der Waals surface area contributed by atoms with E-state index in [1.807, 2.05) is 0 Å². The summed E-state index contributed by atoms with van der Waals surface area (Å²) in [4.78, 5) is 28.8. The van der Waals surface area contributed by atoms with Gasteiger partial charge in [0.1, 0.15) is 0 Å². The van der Waals surface area contributed by atoms with Crippen LogP contribution in [0.1, 0.15) is 60.8 Å². The van der Waals surface area contributed by atoms with Gasteiger partial charge in [-0.1, -0.05) is 65.7 Å². The predicted molar refractivity (Wildman–Crippen MR) is 120 cm³/mol. The van der Waals surface area contributed by atoms with E-state index in [-0.39, 0.29) is 38.4 Å². The average Bonchev–Trinajstić information content (AvgIpc) is 2.87. The molecule has 2 rings (SSSR count). The summed E-state index contributed by atoms with van der Waals surface area (Å²) in [6, 6.07) is 0. The van der Waals surface area contributed by atoms with Gasteiger partial charge < -0.3 is 15.3 Å². The Balaban J connectivity index is -0.000000360. The minimum atomic E-state index is -0.935. The fraction of sp³-hybridized carbons (Fsp3) is 0.417. The quantitative estimate of drug-likeness (QED) is 0.283. The van der Waals surface area contributed by atoms with Gasteiger partial charge in [-0.15, -0.1) is 5.57 Å². The van der Waals surface area contributed by atoms with E-state index in [1.165, 1.54) is 40.0 Å². The Bertz CT molecular complexity index is 678. The van der Waals surface area contributed by atoms with E-state index in [9.17, 15) is 14.4 Å². The maximum atomic E-state index is 9.60. The molecule has 0 aromatic heterocycles. The van der Waals surface area contributed by atoms with E-state index >= 15 is 0 Å². The van der Waals surface area contributed by atoms with Crippen molar-refractivity contribution < 1.29 is 51.4 Å². The number of carboxylic acids is 3. The minimum absolute atomic E-state index is 0. The molecule has 0 amide bonds. The summed E-state index contributed by atoms with van der Waals surface area (Å²) in [6.07, 6.45) is 6.42. The molecule has 3 N–H and O–H groups in total. The molecule has 0 bridgehead atoms. The summed E-state index contributed by atoms with van der Waals surface area (Å²) in [5.41, 5.74) is 6.97. The van der Waals surface area contributed by atoms with Crippen LogP contribution in [-0.4, -0.2) is 33.2 Å². The zero-order valence-corrected chi connectivity index (χ0v) is 21.0. The van der Waals surface area contributed by atoms with Crippen molar-refractivity contribution in [3.05, 3.63) is 65.2 Å². The van der Waals surface area contributed by atoms with E-state index in [0.29, 0.717) is 0 Å². The molecule has 7 heteroatoms. The molecule has 0 aromatic rings. The zero-order chi connectivity index (χ0) is 24.2. The summed E-state index contributed by atoms with van der Waals surface area (Å²) in [6.45, 7) is 20.7. The number of carboxylic acid groups (broad SMARTS) is 3. The average molecular weight is 467 g/mol. The Kier molecular flexibility index (Phi) is 17.6. The topological polar surface area (TPSA) is 112 Å². The van der Waals surface area contributed by atoms with Crippen LogP contribution in [0.4, 0.5) is 0 Å². The van der Waals surface area contributed by atoms with E-state index in [1.54, 1.807) is 22.3 Å². The van der Waals surface area contributed by atoms with Crippen molar-refractivity contribution in [2.75, 3.05) is 0 Å². The maximum absolute atomic E-state index is 9.60. The van der Waals surface area contributed by atoms with Gasteiger partial charge >= 0.3 is 17.9 Å². The first kappa shape index (κ1) is 33.3. The second-order valence-electron chi connectivity index (χ2n) is 7.32. The molecule has 0 fully saturated rings. The van der Waals surface area contributed by atoms with Gasteiger partial charge in [-0.2, -0.15) is 23.1 Å². The van der Waals surface area contributed by atoms with Crippen molar-refractivity contribution >= 4 is 17.9 Å². The first-order valence-corrected chi connectivity index (χ1v) is 9.55. The third-order valence-electron chi connectivity index (χ3n) is 4.61. The molecular weight excluding hydrogens is 432 g/mol. The van der Waals surface area contributed by atoms with Gasteiger partial charge in [0.15, 0.2) is 0 Å². The molecule has 31 heavy (non-hydrogen) atoms. The molecule has 1 unspecified atom stereocenters. The van der Waals surface area contributed by atoms with Crippen LogP contribution < -0.4 is 0 Å². The van der Waals surface area contributed by atoms with Crippen molar-refractivity contribution in [1.29, 1.82) is 0 Å². The standard InChI is InChI=1S/C12H17.3C4H6O2.Ti/c1-8-9(2)11-6-4-5-7-12(11)10(8)3;3*1-3(2)4(5)6;/h6,10H,4-5,7H2,1-3H3;3*1H2,2H3,(H,5,6);/q-1;;;;. The zero-order valence-electron chi connectivity index (χ0n) is 19.5. The van der Waals surface area contributed by atoms with Crippen molar-refractivity contribution in [3.63, 3.8) is 0 Å². The van der Waals surface area contributed by atoms with Crippen molar-refractivity contribution in [2.45, 2.75) is 60.8 Å². The molecule has 0 spiro atoms. The van der Waals surface area contributed by atoms with Crippen LogP contribution in [0.5, 0.6) is 0 Å². The van der Waals surface area contributed by atoms with Gasteiger partial charge in [0.25, 0.3) is 0 Å². The molecule has 0 aliphatic heterocycles. The molecule has 0 heterocycles. The van der Waals surface area contributed by atoms with Crippen molar-refractivity contribution in [2.24, 2.45) is 5.92 Å². The summed E-state index contributed by atoms with van der Waals surface area (Å²) in [5, 5.41) is 23.7. The van der Waals surface area contributed by atoms with Crippen LogP contribution in [0.15, 0.2) is 58.7 Å². The number of rotatable bonds is 3. The van der Waals surface area contributed by atoms with E-state index in [4.69, 9.17) is 15.3 Å². The van der Waals surface area contributed by atoms with Crippen molar-refractivity contribution in [1.82, 2.24) is 0 Å². The monoisotopic (exact) mass is 467 g/mol. The van der Waals surface area contributed by atoms with Crippen LogP contribution in [0.3, 0.4) is 0 Å². The van der Waals surface area contributed by atoms with Crippen LogP contribution in [0, 0.1) is 12.3 Å². The molecule has 2 aliphatic rings. The SMILES string of the molecule is C=C(C)C(=O)O.C=C(C)C(=O)O.C=C(C)C(=O)O.CC1=C(C)C(C)C2=C1[CH-]CCC2.[Ti]. The fourth-order valence-electron chi connectivity index (χ4n) is 2.45. The number of carbonyl (C=O) groups is 3. The maximum Gasteiger partial charge on any atom is 0.330 e. The molecule has 0 radical (unpaired) electrons. The second kappa shape index (κ2) is 16.4. The number of aliphatic carboxylic acids is 3. The number of hydrogen-bond acceptors (Lipinski definition) is 3. The summed E-state index contributed by atoms with van der Waals surface area (Å²) >= 11 is 0. The van der Waals surface area contributed by atoms with Gasteiger partial charge in [-0.25, -0.2) is 14.4 Å². The Morgan fingerprint density at radius 3 is 1.45 bits per heavy atom. The molecule has 0 saturated carbocycles. The Hall–Kier alpha value is -2.31. The second-order valence-corrected chi connectivity index (χ2v) is 7.32. The van der Waals surface area contributed by atoms with E-state index < -0.39 is 17.9 Å². The van der Waals surface area contributed by atoms with E-state index in [2.05, 4.69) is 46.9 Å². The summed E-state index contributed by atoms with van der Waals surface area (Å²) in [5.74, 6) is -2.07. The molecule has 0 saturated heterocycles. The molecule has 0 aromatic carbocycles. The fourth-order valence-corrected chi connectivity index (χ4v) is 2.45. The molecule has 172 valence electrons. The Morgan fingerprint density at radius 1 is 0.871 bits per heavy atom. The van der Waals surface area contributed by atoms with Gasteiger partial charge in [0.05, 0.1) is 0 Å². The largest absolute Gasteiger partial charge is 0.478 e. The predicted octanol–water partition coefficient (Wildman–Crippen LogP) is 5.60.